The maximum atomic E-state index is 12.5. The van der Waals surface area contributed by atoms with E-state index in [0.717, 1.165) is 38.1 Å². The second kappa shape index (κ2) is 5.79. The lowest BCUT2D eigenvalue weighted by molar-refractivity contribution is -0.149. The zero-order chi connectivity index (χ0) is 16.7. The van der Waals surface area contributed by atoms with Crippen LogP contribution in [0.2, 0.25) is 0 Å². The Bertz CT molecular complexity index is 658. The van der Waals surface area contributed by atoms with Crippen LogP contribution in [0.25, 0.3) is 0 Å². The zero-order valence-corrected chi connectivity index (χ0v) is 13.8. The van der Waals surface area contributed by atoms with Gasteiger partial charge in [-0.2, -0.15) is 0 Å². The van der Waals surface area contributed by atoms with Crippen LogP contribution >= 0.6 is 0 Å². The summed E-state index contributed by atoms with van der Waals surface area (Å²) >= 11 is 0. The molecule has 2 fully saturated rings. The van der Waals surface area contributed by atoms with Crippen LogP contribution in [-0.2, 0) is 11.3 Å². The molecule has 2 N–H and O–H groups in total. The third-order valence-electron chi connectivity index (χ3n) is 6.15. The van der Waals surface area contributed by atoms with Gasteiger partial charge >= 0.3 is 12.0 Å². The van der Waals surface area contributed by atoms with Gasteiger partial charge in [0.1, 0.15) is 5.82 Å². The number of urea groups is 1. The number of nitrogens with zero attached hydrogens (tertiary/aromatic N) is 3. The van der Waals surface area contributed by atoms with Crippen molar-refractivity contribution in [1.82, 2.24) is 19.8 Å². The van der Waals surface area contributed by atoms with E-state index in [1.807, 2.05) is 12.4 Å². The maximum absolute atomic E-state index is 12.5. The molecule has 1 unspecified atom stereocenters. The molecule has 4 rings (SSSR count). The fourth-order valence-electron chi connectivity index (χ4n) is 4.82. The molecule has 24 heavy (non-hydrogen) atoms. The summed E-state index contributed by atoms with van der Waals surface area (Å²) in [4.78, 5) is 30.4. The first-order chi connectivity index (χ1) is 11.6. The fourth-order valence-corrected chi connectivity index (χ4v) is 4.82. The molecule has 1 saturated heterocycles. The van der Waals surface area contributed by atoms with E-state index in [-0.39, 0.29) is 17.9 Å². The summed E-state index contributed by atoms with van der Waals surface area (Å²) in [5.41, 5.74) is -0.710. The minimum absolute atomic E-state index is 0.106. The van der Waals surface area contributed by atoms with Crippen LogP contribution in [0.1, 0.15) is 43.8 Å². The first kappa shape index (κ1) is 15.5. The molecular formula is C17H24N4O3. The van der Waals surface area contributed by atoms with Gasteiger partial charge in [-0.05, 0) is 31.6 Å². The summed E-state index contributed by atoms with van der Waals surface area (Å²) < 4.78 is 2.15. The van der Waals surface area contributed by atoms with Crippen molar-refractivity contribution in [2.75, 3.05) is 19.6 Å². The van der Waals surface area contributed by atoms with E-state index in [9.17, 15) is 14.7 Å². The van der Waals surface area contributed by atoms with Crippen molar-refractivity contribution in [2.24, 2.45) is 11.3 Å². The summed E-state index contributed by atoms with van der Waals surface area (Å²) in [6.07, 6.45) is 8.48. The summed E-state index contributed by atoms with van der Waals surface area (Å²) in [7, 11) is 0. The summed E-state index contributed by atoms with van der Waals surface area (Å²) in [5.74, 6) is 0.652. The summed E-state index contributed by atoms with van der Waals surface area (Å²) in [5, 5.41) is 12.6. The lowest BCUT2D eigenvalue weighted by Gasteiger charge is -2.26. The van der Waals surface area contributed by atoms with Gasteiger partial charge in [0.2, 0.25) is 0 Å². The first-order valence-electron chi connectivity index (χ1n) is 8.87. The highest BCUT2D eigenvalue weighted by atomic mass is 16.4. The highest BCUT2D eigenvalue weighted by Gasteiger charge is 2.55. The molecule has 1 saturated carbocycles. The first-order valence-corrected chi connectivity index (χ1v) is 8.87. The Morgan fingerprint density at radius 1 is 1.38 bits per heavy atom. The minimum Gasteiger partial charge on any atom is -0.481 e. The third-order valence-corrected chi connectivity index (χ3v) is 6.15. The number of amides is 2. The third kappa shape index (κ3) is 2.37. The molecule has 2 aliphatic heterocycles. The van der Waals surface area contributed by atoms with Crippen molar-refractivity contribution >= 4 is 12.0 Å². The van der Waals surface area contributed by atoms with Crippen LogP contribution in [0.5, 0.6) is 0 Å². The quantitative estimate of drug-likeness (QED) is 0.881. The number of carbonyl (C=O) groups is 2. The largest absolute Gasteiger partial charge is 0.481 e. The number of aryl methyl sites for hydroxylation is 1. The van der Waals surface area contributed by atoms with Crippen LogP contribution in [0.4, 0.5) is 4.79 Å². The molecule has 0 spiro atoms. The van der Waals surface area contributed by atoms with Gasteiger partial charge < -0.3 is 19.9 Å². The van der Waals surface area contributed by atoms with Gasteiger partial charge in [-0.25, -0.2) is 9.78 Å². The van der Waals surface area contributed by atoms with Crippen molar-refractivity contribution < 1.29 is 14.7 Å². The van der Waals surface area contributed by atoms with Crippen molar-refractivity contribution in [3.05, 3.63) is 18.2 Å². The molecule has 3 atom stereocenters. The molecular weight excluding hydrogens is 308 g/mol. The second-order valence-corrected chi connectivity index (χ2v) is 7.44. The number of hydrogen-bond donors (Lipinski definition) is 2. The Morgan fingerprint density at radius 3 is 3.04 bits per heavy atom. The second-order valence-electron chi connectivity index (χ2n) is 7.44. The zero-order valence-electron chi connectivity index (χ0n) is 13.8. The number of carboxylic acid groups (broad SMARTS) is 1. The van der Waals surface area contributed by atoms with Crippen molar-refractivity contribution in [1.29, 1.82) is 0 Å². The molecule has 0 radical (unpaired) electrons. The van der Waals surface area contributed by atoms with Crippen molar-refractivity contribution in [2.45, 2.75) is 44.6 Å². The van der Waals surface area contributed by atoms with Crippen LogP contribution in [0, 0.1) is 11.3 Å². The van der Waals surface area contributed by atoms with E-state index < -0.39 is 11.4 Å². The van der Waals surface area contributed by atoms with E-state index in [1.54, 1.807) is 4.90 Å². The van der Waals surface area contributed by atoms with Gasteiger partial charge in [0.05, 0.1) is 5.41 Å². The van der Waals surface area contributed by atoms with Crippen LogP contribution in [-0.4, -0.2) is 51.2 Å². The van der Waals surface area contributed by atoms with Gasteiger partial charge in [-0.15, -0.1) is 0 Å². The Hall–Kier alpha value is -2.05. The number of likely N-dealkylation sites (tertiary alicyclic amines) is 1. The van der Waals surface area contributed by atoms with Crippen LogP contribution < -0.4 is 5.32 Å². The van der Waals surface area contributed by atoms with Gasteiger partial charge in [0.15, 0.2) is 0 Å². The number of carboxylic acids is 1. The van der Waals surface area contributed by atoms with Gasteiger partial charge in [-0.3, -0.25) is 4.79 Å². The molecule has 1 aliphatic carbocycles. The monoisotopic (exact) mass is 332 g/mol. The highest BCUT2D eigenvalue weighted by molar-refractivity contribution is 5.80. The van der Waals surface area contributed by atoms with E-state index in [2.05, 4.69) is 14.9 Å². The normalized spacial score (nSPS) is 31.6. The van der Waals surface area contributed by atoms with Crippen LogP contribution in [0.3, 0.4) is 0 Å². The van der Waals surface area contributed by atoms with Crippen LogP contribution in [0.15, 0.2) is 12.4 Å². The predicted octanol–water partition coefficient (Wildman–Crippen LogP) is 1.66. The number of imidazole rings is 1. The van der Waals surface area contributed by atoms with E-state index >= 15 is 0 Å². The van der Waals surface area contributed by atoms with Gasteiger partial charge in [-0.1, -0.05) is 6.42 Å². The molecule has 3 heterocycles. The molecule has 0 bridgehead atoms. The Morgan fingerprint density at radius 2 is 2.25 bits per heavy atom. The standard InChI is InChI=1S/C17H24N4O3/c22-15(23)17-5-1-4-13(17)10-21(11-17)16(24)19-9-12-3-2-7-20-8-6-18-14(12)20/h6,8,12-13H,1-5,7,9-11H2,(H,19,24)(H,22,23)/t12?,13-,17+/m0/s1. The Labute approximate surface area is 141 Å². The average molecular weight is 332 g/mol. The summed E-state index contributed by atoms with van der Waals surface area (Å²) in [6.45, 7) is 2.47. The number of rotatable bonds is 3. The van der Waals surface area contributed by atoms with Gasteiger partial charge in [0, 0.05) is 44.5 Å². The number of fused-ring (bicyclic) bond motifs is 2. The van der Waals surface area contributed by atoms with E-state index in [1.165, 1.54) is 0 Å². The average Bonchev–Trinajstić information content (AvgIpc) is 3.25. The molecule has 7 nitrogen and oxygen atoms in total. The number of carbonyl (C=O) groups excluding carboxylic acids is 1. The molecule has 3 aliphatic rings. The number of aromatic nitrogens is 2. The predicted molar refractivity (Wildman–Crippen MR) is 86.6 cm³/mol. The molecule has 130 valence electrons. The fraction of sp³-hybridized carbons (Fsp3) is 0.706. The Kier molecular flexibility index (Phi) is 3.73. The Balaban J connectivity index is 1.38. The molecule has 7 heteroatoms. The highest BCUT2D eigenvalue weighted by Crippen LogP contribution is 2.48. The SMILES string of the molecule is O=C(NCC1CCCn2ccnc21)N1C[C@@H]2CCC[C@@]2(C(=O)O)C1. The smallest absolute Gasteiger partial charge is 0.317 e. The van der Waals surface area contributed by atoms with Gasteiger partial charge in [0.25, 0.3) is 0 Å². The maximum Gasteiger partial charge on any atom is 0.317 e. The number of aliphatic carboxylic acids is 1. The molecule has 1 aromatic heterocycles. The number of hydrogen-bond acceptors (Lipinski definition) is 3. The van der Waals surface area contributed by atoms with Crippen molar-refractivity contribution in [3.8, 4) is 0 Å². The van der Waals surface area contributed by atoms with Crippen molar-refractivity contribution in [3.63, 3.8) is 0 Å². The minimum atomic E-state index is -0.741. The molecule has 2 amide bonds. The molecule has 0 aromatic carbocycles. The molecule has 1 aromatic rings. The van der Waals surface area contributed by atoms with E-state index in [4.69, 9.17) is 0 Å². The lowest BCUT2D eigenvalue weighted by Crippen LogP contribution is -2.43. The topological polar surface area (TPSA) is 87.5 Å². The van der Waals surface area contributed by atoms with E-state index in [0.29, 0.717) is 26.1 Å². The number of nitrogens with one attached hydrogen (secondary N) is 1. The lowest BCUT2D eigenvalue weighted by atomic mass is 9.81. The summed E-state index contributed by atoms with van der Waals surface area (Å²) in [6, 6.07) is -0.131.